The summed E-state index contributed by atoms with van der Waals surface area (Å²) < 4.78 is 0. The minimum atomic E-state index is -1.19. The molecular formula is C27H46N8O6. The number of nitrogens with zero attached hydrogens (tertiary/aromatic N) is 1. The van der Waals surface area contributed by atoms with Gasteiger partial charge >= 0.3 is 5.97 Å². The van der Waals surface area contributed by atoms with E-state index in [2.05, 4.69) is 20.9 Å². The summed E-state index contributed by atoms with van der Waals surface area (Å²) in [5, 5.41) is 26.9. The molecule has 1 aromatic carbocycles. The molecule has 4 unspecified atom stereocenters. The van der Waals surface area contributed by atoms with Crippen LogP contribution >= 0.6 is 0 Å². The van der Waals surface area contributed by atoms with Gasteiger partial charge in [-0.15, -0.1) is 0 Å². The van der Waals surface area contributed by atoms with E-state index in [1.807, 2.05) is 13.8 Å². The molecule has 0 saturated carbocycles. The fraction of sp³-hybridized carbons (Fsp3) is 0.593. The number of phenolic OH excluding ortho intramolecular Hbond substituents is 1. The van der Waals surface area contributed by atoms with Crippen LogP contribution in [0.2, 0.25) is 0 Å². The number of phenols is 1. The van der Waals surface area contributed by atoms with E-state index in [9.17, 15) is 29.4 Å². The molecule has 14 nitrogen and oxygen atoms in total. The molecular weight excluding hydrogens is 532 g/mol. The van der Waals surface area contributed by atoms with Crippen LogP contribution in [-0.4, -0.2) is 77.1 Å². The zero-order valence-electron chi connectivity index (χ0n) is 23.8. The number of unbranched alkanes of at least 4 members (excludes halogenated alkanes) is 1. The van der Waals surface area contributed by atoms with Crippen LogP contribution in [0.3, 0.4) is 0 Å². The third-order valence-corrected chi connectivity index (χ3v) is 6.21. The molecule has 13 N–H and O–H groups in total. The molecule has 4 atom stereocenters. The second kappa shape index (κ2) is 18.4. The second-order valence-electron chi connectivity index (χ2n) is 10.4. The summed E-state index contributed by atoms with van der Waals surface area (Å²) in [6.07, 6.45) is 2.19. The van der Waals surface area contributed by atoms with Crippen molar-refractivity contribution < 1.29 is 29.4 Å². The van der Waals surface area contributed by atoms with E-state index in [-0.39, 0.29) is 49.9 Å². The minimum Gasteiger partial charge on any atom is -0.508 e. The molecule has 0 aromatic heterocycles. The van der Waals surface area contributed by atoms with E-state index in [0.717, 1.165) is 5.56 Å². The number of hydrogen-bond donors (Lipinski definition) is 9. The zero-order chi connectivity index (χ0) is 30.9. The lowest BCUT2D eigenvalue weighted by Crippen LogP contribution is -2.57. The molecule has 0 bridgehead atoms. The van der Waals surface area contributed by atoms with Crippen molar-refractivity contribution >= 4 is 29.7 Å². The first-order chi connectivity index (χ1) is 19.3. The van der Waals surface area contributed by atoms with Gasteiger partial charge in [-0.1, -0.05) is 26.0 Å². The summed E-state index contributed by atoms with van der Waals surface area (Å²) in [7, 11) is 0. The number of aromatic hydroxyl groups is 1. The number of carbonyl (C=O) groups excluding carboxylic acids is 3. The van der Waals surface area contributed by atoms with Crippen LogP contribution < -0.4 is 38.9 Å². The normalized spacial score (nSPS) is 13.9. The molecule has 3 amide bonds. The molecule has 0 radical (unpaired) electrons. The Bertz CT molecular complexity index is 1010. The van der Waals surface area contributed by atoms with Crippen LogP contribution in [0.25, 0.3) is 0 Å². The summed E-state index contributed by atoms with van der Waals surface area (Å²) in [4.78, 5) is 55.0. The quantitative estimate of drug-likeness (QED) is 0.0551. The Morgan fingerprint density at radius 3 is 1.90 bits per heavy atom. The van der Waals surface area contributed by atoms with Crippen molar-refractivity contribution in [3.05, 3.63) is 29.8 Å². The summed E-state index contributed by atoms with van der Waals surface area (Å²) in [6, 6.07) is 2.01. The number of guanidine groups is 1. The van der Waals surface area contributed by atoms with Gasteiger partial charge in [0.05, 0.1) is 6.04 Å². The number of carboxylic acids is 1. The molecule has 0 fully saturated rings. The van der Waals surface area contributed by atoms with E-state index in [0.29, 0.717) is 25.8 Å². The molecule has 0 aliphatic carbocycles. The number of aliphatic carboxylic acids is 1. The molecule has 41 heavy (non-hydrogen) atoms. The van der Waals surface area contributed by atoms with Crippen LogP contribution in [0.4, 0.5) is 0 Å². The number of aliphatic imine (C=N–C) groups is 1. The number of nitrogens with two attached hydrogens (primary N) is 4. The van der Waals surface area contributed by atoms with Gasteiger partial charge in [0.15, 0.2) is 5.96 Å². The van der Waals surface area contributed by atoms with Gasteiger partial charge in [0, 0.05) is 6.54 Å². The highest BCUT2D eigenvalue weighted by Gasteiger charge is 2.30. The van der Waals surface area contributed by atoms with E-state index < -0.39 is 47.9 Å². The lowest BCUT2D eigenvalue weighted by Gasteiger charge is -2.25. The molecule has 14 heteroatoms. The van der Waals surface area contributed by atoms with Crippen LogP contribution in [0.5, 0.6) is 5.75 Å². The molecule has 0 spiro atoms. The average Bonchev–Trinajstić information content (AvgIpc) is 2.90. The van der Waals surface area contributed by atoms with E-state index in [1.165, 1.54) is 12.1 Å². The number of benzene rings is 1. The Balaban J connectivity index is 3.04. The number of hydrogen-bond acceptors (Lipinski definition) is 8. The number of carboxylic acid groups (broad SMARTS) is 1. The van der Waals surface area contributed by atoms with Crippen molar-refractivity contribution in [2.75, 3.05) is 13.1 Å². The third-order valence-electron chi connectivity index (χ3n) is 6.21. The Kier molecular flexibility index (Phi) is 15.8. The molecule has 0 aliphatic rings. The average molecular weight is 579 g/mol. The Morgan fingerprint density at radius 2 is 1.39 bits per heavy atom. The first-order valence-corrected chi connectivity index (χ1v) is 13.8. The number of rotatable bonds is 19. The predicted octanol–water partition coefficient (Wildman–Crippen LogP) is -0.970. The third kappa shape index (κ3) is 14.3. The van der Waals surface area contributed by atoms with Crippen molar-refractivity contribution in [2.24, 2.45) is 33.8 Å². The Hall–Kier alpha value is -3.91. The highest BCUT2D eigenvalue weighted by molar-refractivity contribution is 5.94. The predicted molar refractivity (Wildman–Crippen MR) is 155 cm³/mol. The topological polar surface area (TPSA) is 261 Å². The Morgan fingerprint density at radius 1 is 0.854 bits per heavy atom. The van der Waals surface area contributed by atoms with Crippen molar-refractivity contribution in [3.8, 4) is 5.75 Å². The molecule has 0 heterocycles. The van der Waals surface area contributed by atoms with Crippen molar-refractivity contribution in [3.63, 3.8) is 0 Å². The van der Waals surface area contributed by atoms with Crippen LogP contribution in [-0.2, 0) is 25.6 Å². The van der Waals surface area contributed by atoms with Crippen molar-refractivity contribution in [2.45, 2.75) is 83.0 Å². The maximum absolute atomic E-state index is 13.4. The smallest absolute Gasteiger partial charge is 0.326 e. The summed E-state index contributed by atoms with van der Waals surface area (Å²) in [6.45, 7) is 4.25. The maximum Gasteiger partial charge on any atom is 0.326 e. The van der Waals surface area contributed by atoms with Gasteiger partial charge in [-0.05, 0) is 75.1 Å². The second-order valence-corrected chi connectivity index (χ2v) is 10.4. The monoisotopic (exact) mass is 578 g/mol. The van der Waals surface area contributed by atoms with E-state index in [1.54, 1.807) is 12.1 Å². The zero-order valence-corrected chi connectivity index (χ0v) is 23.8. The highest BCUT2D eigenvalue weighted by Crippen LogP contribution is 2.12. The molecule has 1 rings (SSSR count). The summed E-state index contributed by atoms with van der Waals surface area (Å²) in [5.74, 6) is -3.09. The first-order valence-electron chi connectivity index (χ1n) is 13.8. The van der Waals surface area contributed by atoms with Crippen molar-refractivity contribution in [1.29, 1.82) is 0 Å². The molecule has 230 valence electrons. The fourth-order valence-corrected chi connectivity index (χ4v) is 4.03. The number of amides is 3. The lowest BCUT2D eigenvalue weighted by molar-refractivity contribution is -0.142. The van der Waals surface area contributed by atoms with Crippen LogP contribution in [0, 0.1) is 5.92 Å². The number of nitrogens with one attached hydrogen (secondary N) is 3. The van der Waals surface area contributed by atoms with Crippen LogP contribution in [0.1, 0.15) is 57.9 Å². The summed E-state index contributed by atoms with van der Waals surface area (Å²) >= 11 is 0. The Labute approximate surface area is 240 Å². The number of carbonyl (C=O) groups is 4. The molecule has 1 aromatic rings. The first kappa shape index (κ1) is 35.1. The SMILES string of the molecule is CC(C)CC(NC(=O)C(CCCN=C(N)N)NC(=O)C(CCCCN)NC(=O)C(N)Cc1ccc(O)cc1)C(=O)O. The van der Waals surface area contributed by atoms with Gasteiger partial charge < -0.3 is 49.1 Å². The fourth-order valence-electron chi connectivity index (χ4n) is 4.03. The van der Waals surface area contributed by atoms with Gasteiger partial charge in [-0.2, -0.15) is 0 Å². The minimum absolute atomic E-state index is 0.000712. The lowest BCUT2D eigenvalue weighted by atomic mass is 10.0. The van der Waals surface area contributed by atoms with E-state index in [4.69, 9.17) is 22.9 Å². The molecule has 0 aliphatic heterocycles. The van der Waals surface area contributed by atoms with Gasteiger partial charge in [-0.25, -0.2) is 4.79 Å². The molecule has 0 saturated heterocycles. The highest BCUT2D eigenvalue weighted by atomic mass is 16.4. The van der Waals surface area contributed by atoms with Gasteiger partial charge in [0.2, 0.25) is 17.7 Å². The van der Waals surface area contributed by atoms with E-state index >= 15 is 0 Å². The van der Waals surface area contributed by atoms with Gasteiger partial charge in [-0.3, -0.25) is 19.4 Å². The van der Waals surface area contributed by atoms with Gasteiger partial charge in [0.1, 0.15) is 23.9 Å². The van der Waals surface area contributed by atoms with Gasteiger partial charge in [0.25, 0.3) is 0 Å². The van der Waals surface area contributed by atoms with Crippen molar-refractivity contribution in [1.82, 2.24) is 16.0 Å². The maximum atomic E-state index is 13.4. The summed E-state index contributed by atoms with van der Waals surface area (Å²) in [5.41, 5.74) is 23.1. The van der Waals surface area contributed by atoms with Crippen LogP contribution in [0.15, 0.2) is 29.3 Å². The largest absolute Gasteiger partial charge is 0.508 e. The standard InChI is InChI=1S/C27H46N8O6/c1-16(2)14-22(26(40)41)35-25(39)21(7-5-13-32-27(30)31)34-24(38)20(6-3-4-12-28)33-23(37)19(29)15-17-8-10-18(36)11-9-17/h8-11,16,19-22,36H,3-7,12-15,28-29H2,1-2H3,(H,33,37)(H,34,38)(H,35,39)(H,40,41)(H4,30,31,32).